The topological polar surface area (TPSA) is 75.7 Å². The number of hydrogen-bond acceptors (Lipinski definition) is 4. The highest BCUT2D eigenvalue weighted by Gasteiger charge is 2.36. The average Bonchev–Trinajstić information content (AvgIpc) is 2.89. The highest BCUT2D eigenvalue weighted by molar-refractivity contribution is 7.88. The standard InChI is InChI=1S/C13H18N2O4S/c1-19-11-7-5-10(6-8-11)14-13(16)12-4-3-9-15(12)20(2,17)18/h5-8,12H,3-4,9H2,1-2H3,(H,14,16). The molecule has 1 fully saturated rings. The van der Waals surface area contributed by atoms with Crippen molar-refractivity contribution in [2.75, 3.05) is 25.2 Å². The molecule has 0 saturated carbocycles. The Hall–Kier alpha value is -1.60. The van der Waals surface area contributed by atoms with Crippen LogP contribution in [0, 0.1) is 0 Å². The number of nitrogens with one attached hydrogen (secondary N) is 1. The molecular formula is C13H18N2O4S. The molecule has 1 aromatic rings. The maximum absolute atomic E-state index is 12.2. The number of carbonyl (C=O) groups excluding carboxylic acids is 1. The van der Waals surface area contributed by atoms with Crippen LogP contribution in [-0.2, 0) is 14.8 Å². The van der Waals surface area contributed by atoms with Gasteiger partial charge in [-0.1, -0.05) is 0 Å². The molecule has 0 aromatic heterocycles. The summed E-state index contributed by atoms with van der Waals surface area (Å²) in [5.41, 5.74) is 0.621. The molecule has 1 N–H and O–H groups in total. The normalized spacial score (nSPS) is 19.8. The molecule has 1 unspecified atom stereocenters. The van der Waals surface area contributed by atoms with E-state index in [1.165, 1.54) is 4.31 Å². The molecule has 2 rings (SSSR count). The van der Waals surface area contributed by atoms with E-state index in [1.54, 1.807) is 31.4 Å². The van der Waals surface area contributed by atoms with Crippen LogP contribution >= 0.6 is 0 Å². The van der Waals surface area contributed by atoms with Gasteiger partial charge < -0.3 is 10.1 Å². The molecule has 1 aliphatic heterocycles. The van der Waals surface area contributed by atoms with Crippen molar-refractivity contribution in [1.82, 2.24) is 4.31 Å². The first-order valence-corrected chi connectivity index (χ1v) is 8.18. The first-order chi connectivity index (χ1) is 9.41. The minimum atomic E-state index is -3.35. The number of nitrogens with zero attached hydrogens (tertiary/aromatic N) is 1. The molecule has 7 heteroatoms. The summed E-state index contributed by atoms with van der Waals surface area (Å²) >= 11 is 0. The second-order valence-corrected chi connectivity index (χ2v) is 6.68. The summed E-state index contributed by atoms with van der Waals surface area (Å²) in [7, 11) is -1.78. The summed E-state index contributed by atoms with van der Waals surface area (Å²) in [6, 6.07) is 6.29. The van der Waals surface area contributed by atoms with E-state index in [-0.39, 0.29) is 5.91 Å². The number of sulfonamides is 1. The number of anilines is 1. The maximum atomic E-state index is 12.2. The maximum Gasteiger partial charge on any atom is 0.242 e. The Morgan fingerprint density at radius 1 is 1.35 bits per heavy atom. The molecule has 1 atom stereocenters. The van der Waals surface area contributed by atoms with Crippen LogP contribution in [0.3, 0.4) is 0 Å². The first kappa shape index (κ1) is 14.8. The molecule has 20 heavy (non-hydrogen) atoms. The van der Waals surface area contributed by atoms with E-state index in [0.29, 0.717) is 30.8 Å². The number of methoxy groups -OCH3 is 1. The van der Waals surface area contributed by atoms with Crippen LogP contribution in [0.5, 0.6) is 5.75 Å². The van der Waals surface area contributed by atoms with E-state index in [1.807, 2.05) is 0 Å². The smallest absolute Gasteiger partial charge is 0.242 e. The van der Waals surface area contributed by atoms with Gasteiger partial charge in [-0.15, -0.1) is 0 Å². The van der Waals surface area contributed by atoms with Crippen molar-refractivity contribution < 1.29 is 17.9 Å². The van der Waals surface area contributed by atoms with Gasteiger partial charge in [0.05, 0.1) is 13.4 Å². The zero-order valence-corrected chi connectivity index (χ0v) is 12.3. The van der Waals surface area contributed by atoms with Crippen LogP contribution in [0.4, 0.5) is 5.69 Å². The van der Waals surface area contributed by atoms with Crippen LogP contribution in [0.15, 0.2) is 24.3 Å². The van der Waals surface area contributed by atoms with Gasteiger partial charge in [-0.2, -0.15) is 4.31 Å². The van der Waals surface area contributed by atoms with Crippen molar-refractivity contribution in [3.63, 3.8) is 0 Å². The third-order valence-electron chi connectivity index (χ3n) is 3.29. The zero-order valence-electron chi connectivity index (χ0n) is 11.5. The van der Waals surface area contributed by atoms with Crippen molar-refractivity contribution in [1.29, 1.82) is 0 Å². The second-order valence-electron chi connectivity index (χ2n) is 4.75. The molecule has 0 bridgehead atoms. The molecule has 0 aliphatic carbocycles. The molecule has 6 nitrogen and oxygen atoms in total. The summed E-state index contributed by atoms with van der Waals surface area (Å²) < 4.78 is 29.5. The minimum absolute atomic E-state index is 0.293. The summed E-state index contributed by atoms with van der Waals surface area (Å²) in [4.78, 5) is 12.2. The number of benzene rings is 1. The summed E-state index contributed by atoms with van der Waals surface area (Å²) in [6.07, 6.45) is 2.38. The Morgan fingerprint density at radius 2 is 2.00 bits per heavy atom. The molecular weight excluding hydrogens is 280 g/mol. The van der Waals surface area contributed by atoms with Crippen molar-refractivity contribution in [3.8, 4) is 5.75 Å². The van der Waals surface area contributed by atoms with Gasteiger partial charge in [0, 0.05) is 12.2 Å². The van der Waals surface area contributed by atoms with E-state index in [4.69, 9.17) is 4.74 Å². The predicted octanol–water partition coefficient (Wildman–Crippen LogP) is 1.06. The summed E-state index contributed by atoms with van der Waals surface area (Å²) in [5.74, 6) is 0.403. The molecule has 110 valence electrons. The summed E-state index contributed by atoms with van der Waals surface area (Å²) in [6.45, 7) is 0.402. The molecule has 1 aromatic carbocycles. The van der Waals surface area contributed by atoms with Crippen LogP contribution in [0.25, 0.3) is 0 Å². The van der Waals surface area contributed by atoms with Gasteiger partial charge in [0.2, 0.25) is 15.9 Å². The fourth-order valence-corrected chi connectivity index (χ4v) is 3.42. The number of amides is 1. The molecule has 1 saturated heterocycles. The van der Waals surface area contributed by atoms with Gasteiger partial charge in [0.1, 0.15) is 11.8 Å². The average molecular weight is 298 g/mol. The lowest BCUT2D eigenvalue weighted by atomic mass is 10.2. The Labute approximate surface area is 118 Å². The van der Waals surface area contributed by atoms with Gasteiger partial charge in [0.15, 0.2) is 0 Å². The third kappa shape index (κ3) is 3.29. The highest BCUT2D eigenvalue weighted by Crippen LogP contribution is 2.22. The van der Waals surface area contributed by atoms with Crippen molar-refractivity contribution in [2.45, 2.75) is 18.9 Å². The Balaban J connectivity index is 2.07. The second kappa shape index (κ2) is 5.80. The van der Waals surface area contributed by atoms with Crippen molar-refractivity contribution >= 4 is 21.6 Å². The van der Waals surface area contributed by atoms with E-state index in [2.05, 4.69) is 5.32 Å². The first-order valence-electron chi connectivity index (χ1n) is 6.33. The Morgan fingerprint density at radius 3 is 2.55 bits per heavy atom. The molecule has 1 aliphatic rings. The van der Waals surface area contributed by atoms with Gasteiger partial charge in [-0.25, -0.2) is 8.42 Å². The molecule has 1 amide bonds. The molecule has 1 heterocycles. The highest BCUT2D eigenvalue weighted by atomic mass is 32.2. The van der Waals surface area contributed by atoms with Crippen LogP contribution in [0.2, 0.25) is 0 Å². The number of ether oxygens (including phenoxy) is 1. The van der Waals surface area contributed by atoms with Crippen LogP contribution < -0.4 is 10.1 Å². The van der Waals surface area contributed by atoms with E-state index in [0.717, 1.165) is 6.26 Å². The van der Waals surface area contributed by atoms with Gasteiger partial charge in [-0.3, -0.25) is 4.79 Å². The summed E-state index contributed by atoms with van der Waals surface area (Å²) in [5, 5.41) is 2.74. The third-order valence-corrected chi connectivity index (χ3v) is 4.58. The predicted molar refractivity (Wildman–Crippen MR) is 76.2 cm³/mol. The lowest BCUT2D eigenvalue weighted by Gasteiger charge is -2.21. The van der Waals surface area contributed by atoms with Crippen molar-refractivity contribution in [3.05, 3.63) is 24.3 Å². The number of rotatable bonds is 4. The van der Waals surface area contributed by atoms with E-state index in [9.17, 15) is 13.2 Å². The van der Waals surface area contributed by atoms with Gasteiger partial charge in [0.25, 0.3) is 0 Å². The lowest BCUT2D eigenvalue weighted by molar-refractivity contribution is -0.119. The zero-order chi connectivity index (χ0) is 14.8. The SMILES string of the molecule is COc1ccc(NC(=O)C2CCCN2S(C)(=O)=O)cc1. The largest absolute Gasteiger partial charge is 0.497 e. The Kier molecular flexibility index (Phi) is 4.29. The molecule has 0 spiro atoms. The van der Waals surface area contributed by atoms with Gasteiger partial charge >= 0.3 is 0 Å². The fourth-order valence-electron chi connectivity index (χ4n) is 2.30. The molecule has 0 radical (unpaired) electrons. The quantitative estimate of drug-likeness (QED) is 0.902. The van der Waals surface area contributed by atoms with Crippen LogP contribution in [0.1, 0.15) is 12.8 Å². The van der Waals surface area contributed by atoms with Crippen molar-refractivity contribution in [2.24, 2.45) is 0 Å². The minimum Gasteiger partial charge on any atom is -0.497 e. The van der Waals surface area contributed by atoms with E-state index < -0.39 is 16.1 Å². The van der Waals surface area contributed by atoms with Gasteiger partial charge in [-0.05, 0) is 37.1 Å². The number of carbonyl (C=O) groups is 1. The van der Waals surface area contributed by atoms with Crippen LogP contribution in [-0.4, -0.2) is 44.6 Å². The number of hydrogen-bond donors (Lipinski definition) is 1. The Bertz CT molecular complexity index is 583. The fraction of sp³-hybridized carbons (Fsp3) is 0.462. The monoisotopic (exact) mass is 298 g/mol. The van der Waals surface area contributed by atoms with E-state index >= 15 is 0 Å². The lowest BCUT2D eigenvalue weighted by Crippen LogP contribution is -2.42.